The molecule has 2 aromatic rings. The van der Waals surface area contributed by atoms with Crippen LogP contribution in [-0.4, -0.2) is 17.1 Å². The number of hydrogen-bond acceptors (Lipinski definition) is 3. The van der Waals surface area contributed by atoms with E-state index in [1.165, 1.54) is 4.88 Å². The molecule has 3 nitrogen and oxygen atoms in total. The first-order valence-electron chi connectivity index (χ1n) is 7.61. The molecule has 0 bridgehead atoms. The van der Waals surface area contributed by atoms with Crippen LogP contribution in [0.2, 0.25) is 0 Å². The van der Waals surface area contributed by atoms with Crippen LogP contribution in [0.3, 0.4) is 0 Å². The van der Waals surface area contributed by atoms with Crippen molar-refractivity contribution in [3.05, 3.63) is 51.5 Å². The molecule has 3 rings (SSSR count). The third-order valence-corrected chi connectivity index (χ3v) is 5.15. The van der Waals surface area contributed by atoms with Crippen molar-refractivity contribution in [3.8, 4) is 0 Å². The highest BCUT2D eigenvalue weighted by Crippen LogP contribution is 2.41. The van der Waals surface area contributed by atoms with Crippen molar-refractivity contribution in [2.24, 2.45) is 0 Å². The molecule has 1 N–H and O–H groups in total. The summed E-state index contributed by atoms with van der Waals surface area (Å²) in [7, 11) is 0. The number of ether oxygens (including phenoxy) is 1. The maximum atomic E-state index is 12.2. The van der Waals surface area contributed by atoms with Gasteiger partial charge in [-0.15, -0.1) is 11.3 Å². The van der Waals surface area contributed by atoms with E-state index in [-0.39, 0.29) is 12.1 Å². The van der Waals surface area contributed by atoms with Gasteiger partial charge in [0.1, 0.15) is 5.69 Å². The molecule has 0 radical (unpaired) electrons. The van der Waals surface area contributed by atoms with E-state index in [9.17, 15) is 4.79 Å². The number of aromatic nitrogens is 1. The highest BCUT2D eigenvalue weighted by Gasteiger charge is 2.29. The highest BCUT2D eigenvalue weighted by atomic mass is 32.1. The molecule has 0 aromatic carbocycles. The summed E-state index contributed by atoms with van der Waals surface area (Å²) in [5, 5.41) is 2.11. The van der Waals surface area contributed by atoms with Crippen LogP contribution in [0.25, 0.3) is 5.57 Å². The van der Waals surface area contributed by atoms with E-state index in [1.807, 2.05) is 20.8 Å². The number of esters is 1. The molecular weight excluding hydrogens is 294 g/mol. The van der Waals surface area contributed by atoms with Gasteiger partial charge in [-0.05, 0) is 56.2 Å². The maximum absolute atomic E-state index is 12.2. The Morgan fingerprint density at radius 1 is 1.45 bits per heavy atom. The number of aromatic amines is 1. The summed E-state index contributed by atoms with van der Waals surface area (Å²) in [5.74, 6) is 0.175. The molecule has 0 saturated heterocycles. The minimum atomic E-state index is -0.276. The fraction of sp³-hybridized carbons (Fsp3) is 0.389. The van der Waals surface area contributed by atoms with Crippen LogP contribution in [0, 0.1) is 6.92 Å². The number of thiophene rings is 1. The predicted molar refractivity (Wildman–Crippen MR) is 90.5 cm³/mol. The molecule has 0 amide bonds. The molecule has 0 aliphatic heterocycles. The zero-order chi connectivity index (χ0) is 15.9. The summed E-state index contributed by atoms with van der Waals surface area (Å²) in [5.41, 5.74) is 4.89. The second kappa shape index (κ2) is 5.76. The number of hydrogen-bond donors (Lipinski definition) is 1. The van der Waals surface area contributed by atoms with Gasteiger partial charge < -0.3 is 9.72 Å². The molecule has 116 valence electrons. The van der Waals surface area contributed by atoms with Gasteiger partial charge in [0, 0.05) is 22.1 Å². The molecule has 1 aliphatic carbocycles. The lowest BCUT2D eigenvalue weighted by Gasteiger charge is -2.23. The van der Waals surface area contributed by atoms with Gasteiger partial charge in [0.15, 0.2) is 0 Å². The number of rotatable bonds is 3. The summed E-state index contributed by atoms with van der Waals surface area (Å²) in [6.07, 6.45) is 1.75. The summed E-state index contributed by atoms with van der Waals surface area (Å²) >= 11 is 1.79. The monoisotopic (exact) mass is 315 g/mol. The first kappa shape index (κ1) is 15.1. The summed E-state index contributed by atoms with van der Waals surface area (Å²) in [4.78, 5) is 16.9. The zero-order valence-electron chi connectivity index (χ0n) is 13.2. The third kappa shape index (κ3) is 2.63. The largest absolute Gasteiger partial charge is 0.458 e. The Kier molecular flexibility index (Phi) is 3.96. The number of nitrogens with one attached hydrogen (secondary N) is 1. The number of carbonyl (C=O) groups is 1. The van der Waals surface area contributed by atoms with Crippen LogP contribution < -0.4 is 0 Å². The van der Waals surface area contributed by atoms with E-state index in [0.29, 0.717) is 11.6 Å². The van der Waals surface area contributed by atoms with Crippen LogP contribution in [0.15, 0.2) is 24.1 Å². The lowest BCUT2D eigenvalue weighted by molar-refractivity contribution is 0.0370. The van der Waals surface area contributed by atoms with Crippen LogP contribution >= 0.6 is 11.3 Å². The first-order valence-corrected chi connectivity index (χ1v) is 8.49. The second-order valence-electron chi connectivity index (χ2n) is 6.16. The van der Waals surface area contributed by atoms with Gasteiger partial charge in [-0.1, -0.05) is 12.6 Å². The van der Waals surface area contributed by atoms with Gasteiger partial charge in [0.05, 0.1) is 6.10 Å². The minimum absolute atomic E-state index is 0.116. The van der Waals surface area contributed by atoms with Crippen molar-refractivity contribution in [3.63, 3.8) is 0 Å². The number of allylic oxidation sites excluding steroid dienone is 1. The molecule has 1 atom stereocenters. The molecular formula is C18H21NO2S. The van der Waals surface area contributed by atoms with Crippen molar-refractivity contribution in [1.82, 2.24) is 4.98 Å². The normalized spacial score (nSPS) is 17.6. The summed E-state index contributed by atoms with van der Waals surface area (Å²) in [6, 6.07) is 4.26. The van der Waals surface area contributed by atoms with E-state index in [2.05, 4.69) is 29.1 Å². The van der Waals surface area contributed by atoms with E-state index < -0.39 is 0 Å². The number of H-pyrrole nitrogens is 1. The topological polar surface area (TPSA) is 42.1 Å². The molecule has 1 aliphatic rings. The lowest BCUT2D eigenvalue weighted by atomic mass is 9.82. The van der Waals surface area contributed by atoms with E-state index in [1.54, 1.807) is 11.3 Å². The third-order valence-electron chi connectivity index (χ3n) is 4.12. The molecule has 1 unspecified atom stereocenters. The quantitative estimate of drug-likeness (QED) is 0.835. The Bertz CT molecular complexity index is 710. The van der Waals surface area contributed by atoms with Gasteiger partial charge in [-0.2, -0.15) is 0 Å². The molecule has 22 heavy (non-hydrogen) atoms. The molecule has 0 saturated carbocycles. The van der Waals surface area contributed by atoms with Gasteiger partial charge in [0.2, 0.25) is 0 Å². The summed E-state index contributed by atoms with van der Waals surface area (Å²) in [6.45, 7) is 9.94. The second-order valence-corrected chi connectivity index (χ2v) is 7.14. The molecule has 2 heterocycles. The molecule has 0 spiro atoms. The van der Waals surface area contributed by atoms with Crippen LogP contribution in [0.1, 0.15) is 58.4 Å². The minimum Gasteiger partial charge on any atom is -0.458 e. The van der Waals surface area contributed by atoms with Gasteiger partial charge in [0.25, 0.3) is 0 Å². The Balaban J connectivity index is 1.94. The van der Waals surface area contributed by atoms with Crippen LogP contribution in [0.4, 0.5) is 0 Å². The van der Waals surface area contributed by atoms with Gasteiger partial charge in [-0.3, -0.25) is 0 Å². The van der Waals surface area contributed by atoms with Crippen molar-refractivity contribution >= 4 is 22.9 Å². The van der Waals surface area contributed by atoms with Gasteiger partial charge >= 0.3 is 5.97 Å². The van der Waals surface area contributed by atoms with Crippen LogP contribution in [-0.2, 0) is 11.2 Å². The predicted octanol–water partition coefficient (Wildman–Crippen LogP) is 4.69. The lowest BCUT2D eigenvalue weighted by Crippen LogP contribution is -2.13. The van der Waals surface area contributed by atoms with Crippen molar-refractivity contribution in [2.75, 3.05) is 0 Å². The average Bonchev–Trinajstić information content (AvgIpc) is 3.06. The van der Waals surface area contributed by atoms with Crippen molar-refractivity contribution in [1.29, 1.82) is 0 Å². The number of fused-ring (bicyclic) bond motifs is 1. The average molecular weight is 315 g/mol. The Labute approximate surface area is 135 Å². The first-order chi connectivity index (χ1) is 10.5. The molecule has 4 heteroatoms. The highest BCUT2D eigenvalue weighted by molar-refractivity contribution is 7.10. The number of carbonyl (C=O) groups excluding carboxylic acids is 1. The summed E-state index contributed by atoms with van der Waals surface area (Å²) < 4.78 is 5.33. The fourth-order valence-electron chi connectivity index (χ4n) is 3.21. The molecule has 2 aromatic heterocycles. The molecule has 0 fully saturated rings. The Morgan fingerprint density at radius 3 is 2.86 bits per heavy atom. The SMILES string of the molecule is C=C1CC(c2cccs2)Cc2[nH]c(C(=O)OC(C)C)c(C)c21. The zero-order valence-corrected chi connectivity index (χ0v) is 14.0. The van der Waals surface area contributed by atoms with Crippen LogP contribution in [0.5, 0.6) is 0 Å². The fourth-order valence-corrected chi connectivity index (χ4v) is 4.04. The van der Waals surface area contributed by atoms with E-state index >= 15 is 0 Å². The van der Waals surface area contributed by atoms with E-state index in [0.717, 1.165) is 35.2 Å². The van der Waals surface area contributed by atoms with Gasteiger partial charge in [-0.25, -0.2) is 4.79 Å². The van der Waals surface area contributed by atoms with Crippen molar-refractivity contribution in [2.45, 2.75) is 45.6 Å². The van der Waals surface area contributed by atoms with E-state index in [4.69, 9.17) is 4.74 Å². The standard InChI is InChI=1S/C18H21NO2S/c1-10(2)21-18(20)17-12(4)16-11(3)8-13(9-14(16)19-17)15-6-5-7-22-15/h5-7,10,13,19H,3,8-9H2,1-2,4H3. The van der Waals surface area contributed by atoms with Crippen molar-refractivity contribution < 1.29 is 9.53 Å². The smallest absolute Gasteiger partial charge is 0.355 e. The Morgan fingerprint density at radius 2 is 2.23 bits per heavy atom. The maximum Gasteiger partial charge on any atom is 0.355 e. The Hall–Kier alpha value is -1.81.